The van der Waals surface area contributed by atoms with E-state index in [4.69, 9.17) is 4.74 Å². The minimum atomic E-state index is 0.600. The van der Waals surface area contributed by atoms with Gasteiger partial charge in [-0.05, 0) is 31.8 Å². The Morgan fingerprint density at radius 3 is 3.06 bits per heavy atom. The van der Waals surface area contributed by atoms with Gasteiger partial charge in [-0.15, -0.1) is 0 Å². The second-order valence-corrected chi connectivity index (χ2v) is 4.00. The highest BCUT2D eigenvalue weighted by Crippen LogP contribution is 2.13. The van der Waals surface area contributed by atoms with Gasteiger partial charge >= 0.3 is 0 Å². The van der Waals surface area contributed by atoms with Crippen LogP contribution in [-0.2, 0) is 0 Å². The van der Waals surface area contributed by atoms with E-state index in [1.165, 1.54) is 12.8 Å². The summed E-state index contributed by atoms with van der Waals surface area (Å²) in [5.41, 5.74) is 0. The van der Waals surface area contributed by atoms with E-state index in [-0.39, 0.29) is 0 Å². The lowest BCUT2D eigenvalue weighted by Crippen LogP contribution is -2.31. The van der Waals surface area contributed by atoms with Crippen LogP contribution in [0.5, 0.6) is 5.88 Å². The summed E-state index contributed by atoms with van der Waals surface area (Å²) in [7, 11) is 1.61. The van der Waals surface area contributed by atoms with Crippen molar-refractivity contribution in [1.82, 2.24) is 15.3 Å². The molecule has 1 aliphatic heterocycles. The fraction of sp³-hybridized carbons (Fsp3) is 0.636. The summed E-state index contributed by atoms with van der Waals surface area (Å²) in [6.07, 6.45) is 4.14. The molecule has 1 aromatic rings. The number of ether oxygens (including phenoxy) is 1. The molecule has 5 heteroatoms. The molecule has 2 heterocycles. The average Bonchev–Trinajstić information content (AvgIpc) is 2.38. The highest BCUT2D eigenvalue weighted by Gasteiger charge is 2.12. The number of nitrogens with zero attached hydrogens (tertiary/aromatic N) is 2. The first-order valence-corrected chi connectivity index (χ1v) is 5.70. The highest BCUT2D eigenvalue weighted by molar-refractivity contribution is 5.27. The molecule has 88 valence electrons. The zero-order valence-electron chi connectivity index (χ0n) is 9.57. The van der Waals surface area contributed by atoms with E-state index in [1.807, 2.05) is 0 Å². The van der Waals surface area contributed by atoms with Crippen LogP contribution in [0.2, 0.25) is 0 Å². The molecule has 16 heavy (non-hydrogen) atoms. The topological polar surface area (TPSA) is 59.1 Å². The molecule has 0 saturated carbocycles. The molecule has 0 radical (unpaired) electrons. The molecular formula is C11H18N4O. The van der Waals surface area contributed by atoms with Gasteiger partial charge in [-0.25, -0.2) is 4.98 Å². The number of anilines is 1. The number of piperidine rings is 1. The molecule has 1 saturated heterocycles. The quantitative estimate of drug-likeness (QED) is 0.792. The third-order valence-corrected chi connectivity index (χ3v) is 2.85. The van der Waals surface area contributed by atoms with Gasteiger partial charge in [0.25, 0.3) is 0 Å². The zero-order chi connectivity index (χ0) is 11.2. The summed E-state index contributed by atoms with van der Waals surface area (Å²) in [6.45, 7) is 3.17. The molecule has 0 aliphatic carbocycles. The van der Waals surface area contributed by atoms with Crippen LogP contribution in [0, 0.1) is 5.92 Å². The van der Waals surface area contributed by atoms with E-state index in [0.29, 0.717) is 11.8 Å². The minimum Gasteiger partial charge on any atom is -0.481 e. The number of rotatable bonds is 4. The van der Waals surface area contributed by atoms with E-state index < -0.39 is 0 Å². The second-order valence-electron chi connectivity index (χ2n) is 4.00. The first kappa shape index (κ1) is 11.1. The van der Waals surface area contributed by atoms with Crippen molar-refractivity contribution in [3.63, 3.8) is 0 Å². The van der Waals surface area contributed by atoms with Crippen LogP contribution < -0.4 is 15.4 Å². The van der Waals surface area contributed by atoms with Crippen LogP contribution in [0.4, 0.5) is 5.95 Å². The Morgan fingerprint density at radius 2 is 2.31 bits per heavy atom. The van der Waals surface area contributed by atoms with Gasteiger partial charge in [0.15, 0.2) is 0 Å². The summed E-state index contributed by atoms with van der Waals surface area (Å²) in [5, 5.41) is 6.61. The number of aromatic nitrogens is 2. The summed E-state index contributed by atoms with van der Waals surface area (Å²) < 4.78 is 5.05. The molecule has 0 spiro atoms. The van der Waals surface area contributed by atoms with Crippen LogP contribution in [0.25, 0.3) is 0 Å². The maximum Gasteiger partial charge on any atom is 0.225 e. The maximum atomic E-state index is 5.05. The highest BCUT2D eigenvalue weighted by atomic mass is 16.5. The Labute approximate surface area is 95.6 Å². The van der Waals surface area contributed by atoms with Crippen LogP contribution >= 0.6 is 0 Å². The Hall–Kier alpha value is -1.36. The standard InChI is InChI=1S/C11H18N4O/c1-16-10-4-7-13-11(15-10)14-8-9-2-5-12-6-3-9/h4,7,9,12H,2-3,5-6,8H2,1H3,(H,13,14,15). The third kappa shape index (κ3) is 3.06. The number of nitrogens with one attached hydrogen (secondary N) is 2. The predicted molar refractivity (Wildman–Crippen MR) is 62.7 cm³/mol. The van der Waals surface area contributed by atoms with Crippen molar-refractivity contribution in [2.75, 3.05) is 32.1 Å². The number of methoxy groups -OCH3 is 1. The Morgan fingerprint density at radius 1 is 1.50 bits per heavy atom. The molecule has 2 rings (SSSR count). The van der Waals surface area contributed by atoms with Gasteiger partial charge in [0.1, 0.15) is 0 Å². The first-order valence-electron chi connectivity index (χ1n) is 5.70. The fourth-order valence-electron chi connectivity index (χ4n) is 1.86. The van der Waals surface area contributed by atoms with Crippen molar-refractivity contribution in [1.29, 1.82) is 0 Å². The summed E-state index contributed by atoms with van der Waals surface area (Å²) in [5.74, 6) is 1.97. The monoisotopic (exact) mass is 222 g/mol. The van der Waals surface area contributed by atoms with Gasteiger partial charge in [-0.1, -0.05) is 0 Å². The van der Waals surface area contributed by atoms with E-state index in [9.17, 15) is 0 Å². The first-order chi connectivity index (χ1) is 7.88. The van der Waals surface area contributed by atoms with Crippen LogP contribution in [0.15, 0.2) is 12.3 Å². The zero-order valence-corrected chi connectivity index (χ0v) is 9.57. The van der Waals surface area contributed by atoms with Crippen LogP contribution in [-0.4, -0.2) is 36.7 Å². The van der Waals surface area contributed by atoms with E-state index in [1.54, 1.807) is 19.4 Å². The smallest absolute Gasteiger partial charge is 0.225 e. The van der Waals surface area contributed by atoms with Gasteiger partial charge in [0.05, 0.1) is 7.11 Å². The van der Waals surface area contributed by atoms with E-state index in [2.05, 4.69) is 20.6 Å². The molecule has 0 bridgehead atoms. The lowest BCUT2D eigenvalue weighted by molar-refractivity contribution is 0.387. The summed E-state index contributed by atoms with van der Waals surface area (Å²) in [6, 6.07) is 1.75. The lowest BCUT2D eigenvalue weighted by atomic mass is 9.98. The van der Waals surface area contributed by atoms with Crippen molar-refractivity contribution >= 4 is 5.95 Å². The van der Waals surface area contributed by atoms with E-state index in [0.717, 1.165) is 25.6 Å². The van der Waals surface area contributed by atoms with Crippen molar-refractivity contribution in [3.05, 3.63) is 12.3 Å². The molecule has 0 amide bonds. The van der Waals surface area contributed by atoms with Crippen molar-refractivity contribution in [2.24, 2.45) is 5.92 Å². The van der Waals surface area contributed by atoms with Crippen molar-refractivity contribution in [2.45, 2.75) is 12.8 Å². The maximum absolute atomic E-state index is 5.05. The summed E-state index contributed by atoms with van der Waals surface area (Å²) >= 11 is 0. The molecule has 2 N–H and O–H groups in total. The molecule has 1 aliphatic rings. The Kier molecular flexibility index (Phi) is 3.93. The van der Waals surface area contributed by atoms with Gasteiger partial charge < -0.3 is 15.4 Å². The average molecular weight is 222 g/mol. The van der Waals surface area contributed by atoms with Gasteiger partial charge in [0.2, 0.25) is 11.8 Å². The molecule has 0 atom stereocenters. The minimum absolute atomic E-state index is 0.600. The summed E-state index contributed by atoms with van der Waals surface area (Å²) in [4.78, 5) is 8.37. The van der Waals surface area contributed by atoms with Crippen molar-refractivity contribution in [3.8, 4) is 5.88 Å². The van der Waals surface area contributed by atoms with Gasteiger partial charge in [0, 0.05) is 18.8 Å². The van der Waals surface area contributed by atoms with Gasteiger partial charge in [-0.2, -0.15) is 4.98 Å². The van der Waals surface area contributed by atoms with Crippen LogP contribution in [0.3, 0.4) is 0 Å². The molecule has 1 fully saturated rings. The second kappa shape index (κ2) is 5.65. The molecule has 5 nitrogen and oxygen atoms in total. The van der Waals surface area contributed by atoms with E-state index >= 15 is 0 Å². The fourth-order valence-corrected chi connectivity index (χ4v) is 1.86. The molecule has 0 unspecified atom stereocenters. The van der Waals surface area contributed by atoms with Crippen molar-refractivity contribution < 1.29 is 4.74 Å². The lowest BCUT2D eigenvalue weighted by Gasteiger charge is -2.22. The predicted octanol–water partition coefficient (Wildman–Crippen LogP) is 0.897. The molecule has 1 aromatic heterocycles. The Balaban J connectivity index is 1.83. The third-order valence-electron chi connectivity index (χ3n) is 2.85. The normalized spacial score (nSPS) is 17.1. The SMILES string of the molecule is COc1ccnc(NCC2CCNCC2)n1. The van der Waals surface area contributed by atoms with Gasteiger partial charge in [-0.3, -0.25) is 0 Å². The Bertz CT molecular complexity index is 326. The largest absolute Gasteiger partial charge is 0.481 e. The number of hydrogen-bond acceptors (Lipinski definition) is 5. The number of hydrogen-bond donors (Lipinski definition) is 2. The molecule has 0 aromatic carbocycles. The molecular weight excluding hydrogens is 204 g/mol. The van der Waals surface area contributed by atoms with Crippen LogP contribution in [0.1, 0.15) is 12.8 Å².